The average molecular weight is 304 g/mol. The molecule has 6 heteroatoms. The first-order valence-electron chi connectivity index (χ1n) is 7.47. The highest BCUT2D eigenvalue weighted by Crippen LogP contribution is 2.18. The van der Waals surface area contributed by atoms with Crippen LogP contribution in [0.3, 0.4) is 0 Å². The number of carbonyl (C=O) groups is 1. The summed E-state index contributed by atoms with van der Waals surface area (Å²) in [5, 5.41) is 6.03. The lowest BCUT2D eigenvalue weighted by Gasteiger charge is -2.12. The summed E-state index contributed by atoms with van der Waals surface area (Å²) in [5.41, 5.74) is 0.693. The molecule has 0 fully saturated rings. The average Bonchev–Trinajstić information content (AvgIpc) is 3.10. The number of hydrogen-bond donors (Lipinski definition) is 1. The van der Waals surface area contributed by atoms with Gasteiger partial charge in [-0.3, -0.25) is 4.79 Å². The summed E-state index contributed by atoms with van der Waals surface area (Å²) in [6.07, 6.45) is 7.99. The molecule has 0 aromatic carbocycles. The molecule has 1 aliphatic rings. The molecule has 1 amide bonds. The molecule has 3 rings (SSSR count). The number of carbonyl (C=O) groups excluding carboxylic acids is 1. The Hall–Kier alpha value is -1.69. The zero-order chi connectivity index (χ0) is 14.7. The third-order valence-corrected chi connectivity index (χ3v) is 4.90. The highest BCUT2D eigenvalue weighted by molar-refractivity contribution is 7.09. The van der Waals surface area contributed by atoms with Crippen LogP contribution in [-0.4, -0.2) is 27.0 Å². The van der Waals surface area contributed by atoms with Gasteiger partial charge in [-0.1, -0.05) is 13.3 Å². The van der Waals surface area contributed by atoms with Gasteiger partial charge in [-0.05, 0) is 12.8 Å². The first-order valence-corrected chi connectivity index (χ1v) is 8.35. The molecule has 0 aliphatic carbocycles. The van der Waals surface area contributed by atoms with E-state index in [1.807, 2.05) is 5.38 Å². The highest BCUT2D eigenvalue weighted by atomic mass is 32.1. The van der Waals surface area contributed by atoms with Crippen molar-refractivity contribution in [1.82, 2.24) is 19.9 Å². The molecule has 3 heterocycles. The zero-order valence-electron chi connectivity index (χ0n) is 12.2. The van der Waals surface area contributed by atoms with E-state index in [2.05, 4.69) is 26.8 Å². The number of thiazole rings is 1. The molecule has 0 bridgehead atoms. The Balaban J connectivity index is 1.64. The molecule has 112 valence electrons. The summed E-state index contributed by atoms with van der Waals surface area (Å²) in [6.45, 7) is 3.59. The molecule has 21 heavy (non-hydrogen) atoms. The maximum absolute atomic E-state index is 12.4. The number of hydrogen-bond acceptors (Lipinski definition) is 4. The van der Waals surface area contributed by atoms with E-state index in [1.54, 1.807) is 23.7 Å². The van der Waals surface area contributed by atoms with Gasteiger partial charge in [0.25, 0.3) is 5.91 Å². The summed E-state index contributed by atoms with van der Waals surface area (Å²) < 4.78 is 2.08. The Kier molecular flexibility index (Phi) is 4.34. The summed E-state index contributed by atoms with van der Waals surface area (Å²) in [5.74, 6) is 1.25. The maximum Gasteiger partial charge on any atom is 0.269 e. The van der Waals surface area contributed by atoms with Crippen molar-refractivity contribution in [3.63, 3.8) is 0 Å². The molecular weight excluding hydrogens is 284 g/mol. The SMILES string of the molecule is CC(CNC(=O)c1cnc2n1CCCCC2)c1nccs1. The highest BCUT2D eigenvalue weighted by Gasteiger charge is 2.18. The number of aryl methyl sites for hydroxylation is 1. The quantitative estimate of drug-likeness (QED) is 0.944. The van der Waals surface area contributed by atoms with Gasteiger partial charge in [0.2, 0.25) is 0 Å². The van der Waals surface area contributed by atoms with Crippen LogP contribution >= 0.6 is 11.3 Å². The molecule has 1 unspecified atom stereocenters. The van der Waals surface area contributed by atoms with E-state index >= 15 is 0 Å². The van der Waals surface area contributed by atoms with Gasteiger partial charge in [0, 0.05) is 37.0 Å². The lowest BCUT2D eigenvalue weighted by atomic mass is 10.2. The van der Waals surface area contributed by atoms with Crippen LogP contribution in [0, 0.1) is 0 Å². The summed E-state index contributed by atoms with van der Waals surface area (Å²) in [4.78, 5) is 21.1. The Morgan fingerprint density at radius 1 is 1.43 bits per heavy atom. The normalized spacial score (nSPS) is 16.0. The largest absolute Gasteiger partial charge is 0.350 e. The number of fused-ring (bicyclic) bond motifs is 1. The maximum atomic E-state index is 12.4. The molecule has 0 radical (unpaired) electrons. The van der Waals surface area contributed by atoms with E-state index in [1.165, 1.54) is 12.8 Å². The number of imidazole rings is 1. The minimum Gasteiger partial charge on any atom is -0.350 e. The molecule has 1 atom stereocenters. The summed E-state index contributed by atoms with van der Waals surface area (Å²) in [6, 6.07) is 0. The molecule has 2 aromatic rings. The number of rotatable bonds is 4. The van der Waals surface area contributed by atoms with Crippen LogP contribution in [-0.2, 0) is 13.0 Å². The van der Waals surface area contributed by atoms with Crippen molar-refractivity contribution in [2.45, 2.75) is 45.1 Å². The summed E-state index contributed by atoms with van der Waals surface area (Å²) >= 11 is 1.63. The van der Waals surface area contributed by atoms with Gasteiger partial charge in [0.05, 0.1) is 11.2 Å². The Morgan fingerprint density at radius 3 is 3.14 bits per heavy atom. The summed E-state index contributed by atoms with van der Waals surface area (Å²) in [7, 11) is 0. The second-order valence-corrected chi connectivity index (χ2v) is 6.43. The fourth-order valence-corrected chi connectivity index (χ4v) is 3.37. The lowest BCUT2D eigenvalue weighted by Crippen LogP contribution is -2.29. The van der Waals surface area contributed by atoms with Gasteiger partial charge in [-0.2, -0.15) is 0 Å². The van der Waals surface area contributed by atoms with Gasteiger partial charge in [-0.25, -0.2) is 9.97 Å². The molecule has 0 spiro atoms. The second-order valence-electron chi connectivity index (χ2n) is 5.50. The van der Waals surface area contributed by atoms with Gasteiger partial charge in [0.1, 0.15) is 11.5 Å². The monoisotopic (exact) mass is 304 g/mol. The zero-order valence-corrected chi connectivity index (χ0v) is 13.0. The Labute approximate surface area is 128 Å². The lowest BCUT2D eigenvalue weighted by molar-refractivity contribution is 0.0942. The van der Waals surface area contributed by atoms with Crippen LogP contribution < -0.4 is 5.32 Å². The van der Waals surface area contributed by atoms with Gasteiger partial charge in [-0.15, -0.1) is 11.3 Å². The molecule has 5 nitrogen and oxygen atoms in total. The van der Waals surface area contributed by atoms with Crippen LogP contribution in [0.5, 0.6) is 0 Å². The van der Waals surface area contributed by atoms with E-state index in [9.17, 15) is 4.79 Å². The topological polar surface area (TPSA) is 59.8 Å². The standard InChI is InChI=1S/C15H20N4OS/c1-11(15-16-6-8-21-15)9-18-14(20)12-10-17-13-5-3-2-4-7-19(12)13/h6,8,10-11H,2-5,7,9H2,1H3,(H,18,20). The number of nitrogens with one attached hydrogen (secondary N) is 1. The van der Waals surface area contributed by atoms with Gasteiger partial charge in [0.15, 0.2) is 0 Å². The van der Waals surface area contributed by atoms with E-state index < -0.39 is 0 Å². The Bertz CT molecular complexity index is 605. The molecule has 0 saturated heterocycles. The molecular formula is C15H20N4OS. The van der Waals surface area contributed by atoms with Crippen LogP contribution in [0.25, 0.3) is 0 Å². The molecule has 1 aliphatic heterocycles. The van der Waals surface area contributed by atoms with Gasteiger partial charge >= 0.3 is 0 Å². The fraction of sp³-hybridized carbons (Fsp3) is 0.533. The molecule has 0 saturated carbocycles. The van der Waals surface area contributed by atoms with E-state index in [0.717, 1.165) is 30.2 Å². The van der Waals surface area contributed by atoms with Crippen molar-refractivity contribution in [3.8, 4) is 0 Å². The molecule has 2 aromatic heterocycles. The third-order valence-electron chi connectivity index (χ3n) is 3.89. The van der Waals surface area contributed by atoms with Crippen molar-refractivity contribution < 1.29 is 4.79 Å². The van der Waals surface area contributed by atoms with Crippen molar-refractivity contribution >= 4 is 17.2 Å². The third kappa shape index (κ3) is 3.15. The molecule has 1 N–H and O–H groups in total. The van der Waals surface area contributed by atoms with E-state index in [4.69, 9.17) is 0 Å². The van der Waals surface area contributed by atoms with E-state index in [-0.39, 0.29) is 11.8 Å². The fourth-order valence-electron chi connectivity index (χ4n) is 2.68. The van der Waals surface area contributed by atoms with Crippen molar-refractivity contribution in [2.75, 3.05) is 6.54 Å². The minimum atomic E-state index is -0.0287. The van der Waals surface area contributed by atoms with Crippen LogP contribution in [0.2, 0.25) is 0 Å². The predicted molar refractivity (Wildman–Crippen MR) is 82.6 cm³/mol. The smallest absolute Gasteiger partial charge is 0.269 e. The predicted octanol–water partition coefficient (Wildman–Crippen LogP) is 2.60. The van der Waals surface area contributed by atoms with Crippen LogP contribution in [0.15, 0.2) is 17.8 Å². The van der Waals surface area contributed by atoms with Crippen LogP contribution in [0.1, 0.15) is 53.4 Å². The number of aromatic nitrogens is 3. The van der Waals surface area contributed by atoms with Crippen molar-refractivity contribution in [3.05, 3.63) is 34.3 Å². The minimum absolute atomic E-state index is 0.0287. The van der Waals surface area contributed by atoms with E-state index in [0.29, 0.717) is 12.2 Å². The first-order chi connectivity index (χ1) is 10.3. The van der Waals surface area contributed by atoms with Crippen molar-refractivity contribution in [2.24, 2.45) is 0 Å². The van der Waals surface area contributed by atoms with Crippen LogP contribution in [0.4, 0.5) is 0 Å². The number of amides is 1. The van der Waals surface area contributed by atoms with Gasteiger partial charge < -0.3 is 9.88 Å². The second kappa shape index (κ2) is 6.39. The number of nitrogens with zero attached hydrogens (tertiary/aromatic N) is 3. The Morgan fingerprint density at radius 2 is 2.33 bits per heavy atom. The van der Waals surface area contributed by atoms with Crippen molar-refractivity contribution in [1.29, 1.82) is 0 Å². The first kappa shape index (κ1) is 14.3.